The van der Waals surface area contributed by atoms with Crippen LogP contribution in [0.25, 0.3) is 0 Å². The number of nitrogens with one attached hydrogen (secondary N) is 1. The molecule has 0 bridgehead atoms. The van der Waals surface area contributed by atoms with E-state index in [1.807, 2.05) is 19.1 Å². The zero-order chi connectivity index (χ0) is 15.6. The average Bonchev–Trinajstić information content (AvgIpc) is 2.43. The first-order chi connectivity index (χ1) is 9.79. The molecule has 2 aromatic rings. The van der Waals surface area contributed by atoms with Gasteiger partial charge in [0.25, 0.3) is 0 Å². The number of nitrogen functional groups attached to an aromatic ring is 1. The normalized spacial score (nSPS) is 11.6. The summed E-state index contributed by atoms with van der Waals surface area (Å²) in [7, 11) is -3.67. The molecule has 0 spiro atoms. The molecule has 0 aliphatic rings. The number of benzene rings is 1. The molecule has 0 aliphatic heterocycles. The van der Waals surface area contributed by atoms with Crippen molar-refractivity contribution < 1.29 is 8.42 Å². The van der Waals surface area contributed by atoms with Gasteiger partial charge in [0.1, 0.15) is 0 Å². The summed E-state index contributed by atoms with van der Waals surface area (Å²) in [4.78, 5) is 4.17. The summed E-state index contributed by atoms with van der Waals surface area (Å²) < 4.78 is 27.0. The van der Waals surface area contributed by atoms with Gasteiger partial charge >= 0.3 is 0 Å². The van der Waals surface area contributed by atoms with Gasteiger partial charge in [-0.05, 0) is 43.2 Å². The molecular weight excluding hydrogens is 310 g/mol. The van der Waals surface area contributed by atoms with Crippen LogP contribution in [-0.2, 0) is 16.6 Å². The summed E-state index contributed by atoms with van der Waals surface area (Å²) in [6.07, 6.45) is 1.63. The molecule has 0 amide bonds. The van der Waals surface area contributed by atoms with Crippen LogP contribution in [0.2, 0.25) is 5.02 Å². The highest BCUT2D eigenvalue weighted by atomic mass is 35.5. The zero-order valence-corrected chi connectivity index (χ0v) is 13.3. The number of sulfonamides is 1. The first-order valence-electron chi connectivity index (χ1n) is 6.26. The second-order valence-corrected chi connectivity index (χ2v) is 6.93. The molecule has 0 radical (unpaired) electrons. The lowest BCUT2D eigenvalue weighted by Crippen LogP contribution is -2.23. The smallest absolute Gasteiger partial charge is 0.240 e. The third-order valence-corrected chi connectivity index (χ3v) is 4.88. The molecule has 0 saturated heterocycles. The number of rotatable bonds is 4. The Bertz CT molecular complexity index is 735. The minimum atomic E-state index is -3.67. The summed E-state index contributed by atoms with van der Waals surface area (Å²) in [5.41, 5.74) is 8.42. The van der Waals surface area contributed by atoms with E-state index < -0.39 is 10.0 Å². The molecule has 0 atom stereocenters. The first kappa shape index (κ1) is 15.8. The van der Waals surface area contributed by atoms with Crippen LogP contribution < -0.4 is 10.5 Å². The summed E-state index contributed by atoms with van der Waals surface area (Å²) >= 11 is 5.98. The summed E-state index contributed by atoms with van der Waals surface area (Å²) in [6, 6.07) is 6.44. The van der Waals surface area contributed by atoms with Crippen LogP contribution in [0.4, 0.5) is 5.69 Å². The predicted octanol–water partition coefficient (Wildman–Crippen LogP) is 2.41. The van der Waals surface area contributed by atoms with Gasteiger partial charge in [-0.25, -0.2) is 13.1 Å². The molecule has 0 unspecified atom stereocenters. The zero-order valence-electron chi connectivity index (χ0n) is 11.7. The molecule has 0 saturated carbocycles. The van der Waals surface area contributed by atoms with E-state index in [0.717, 1.165) is 11.3 Å². The highest BCUT2D eigenvalue weighted by molar-refractivity contribution is 7.89. The van der Waals surface area contributed by atoms with Gasteiger partial charge in [-0.3, -0.25) is 4.98 Å². The molecule has 1 heterocycles. The van der Waals surface area contributed by atoms with Gasteiger partial charge < -0.3 is 5.73 Å². The van der Waals surface area contributed by atoms with Crippen molar-refractivity contribution in [2.45, 2.75) is 25.3 Å². The highest BCUT2D eigenvalue weighted by Crippen LogP contribution is 2.25. The van der Waals surface area contributed by atoms with Crippen molar-refractivity contribution in [3.63, 3.8) is 0 Å². The average molecular weight is 326 g/mol. The van der Waals surface area contributed by atoms with Gasteiger partial charge in [-0.1, -0.05) is 17.7 Å². The van der Waals surface area contributed by atoms with Crippen LogP contribution in [0.3, 0.4) is 0 Å². The van der Waals surface area contributed by atoms with Crippen molar-refractivity contribution in [2.75, 3.05) is 5.73 Å². The van der Waals surface area contributed by atoms with E-state index in [2.05, 4.69) is 9.71 Å². The highest BCUT2D eigenvalue weighted by Gasteiger charge is 2.16. The Kier molecular flexibility index (Phi) is 4.51. The van der Waals surface area contributed by atoms with Crippen molar-refractivity contribution in [3.05, 3.63) is 52.3 Å². The number of nitrogens with zero attached hydrogens (tertiary/aromatic N) is 1. The van der Waals surface area contributed by atoms with E-state index in [1.165, 1.54) is 12.1 Å². The number of nitrogens with two attached hydrogens (primary N) is 1. The van der Waals surface area contributed by atoms with E-state index in [9.17, 15) is 8.42 Å². The molecule has 3 N–H and O–H groups in total. The number of aryl methyl sites for hydroxylation is 1. The Morgan fingerprint density at radius 2 is 2.00 bits per heavy atom. The standard InChI is InChI=1S/C14H16ClN3O2S/c1-9-3-4-11(7-17-9)8-18-21(19,20)12-5-13(15)10(2)14(16)6-12/h3-7,18H,8,16H2,1-2H3. The van der Waals surface area contributed by atoms with Gasteiger partial charge in [-0.15, -0.1) is 0 Å². The fourth-order valence-corrected chi connectivity index (χ4v) is 3.06. The number of anilines is 1. The summed E-state index contributed by atoms with van der Waals surface area (Å²) in [5.74, 6) is 0. The van der Waals surface area contributed by atoms with Crippen molar-refractivity contribution in [2.24, 2.45) is 0 Å². The van der Waals surface area contributed by atoms with E-state index in [1.54, 1.807) is 13.1 Å². The predicted molar refractivity (Wildman–Crippen MR) is 83.6 cm³/mol. The van der Waals surface area contributed by atoms with Crippen molar-refractivity contribution in [1.82, 2.24) is 9.71 Å². The van der Waals surface area contributed by atoms with Crippen molar-refractivity contribution in [3.8, 4) is 0 Å². The van der Waals surface area contributed by atoms with Crippen LogP contribution >= 0.6 is 11.6 Å². The van der Waals surface area contributed by atoms with Gasteiger partial charge in [-0.2, -0.15) is 0 Å². The fourth-order valence-electron chi connectivity index (χ4n) is 1.69. The lowest BCUT2D eigenvalue weighted by atomic mass is 10.2. The Morgan fingerprint density at radius 1 is 1.29 bits per heavy atom. The second kappa shape index (κ2) is 6.01. The molecule has 21 heavy (non-hydrogen) atoms. The topological polar surface area (TPSA) is 85.1 Å². The van der Waals surface area contributed by atoms with Gasteiger partial charge in [0.2, 0.25) is 10.0 Å². The fraction of sp³-hybridized carbons (Fsp3) is 0.214. The third-order valence-electron chi connectivity index (χ3n) is 3.11. The largest absolute Gasteiger partial charge is 0.398 e. The minimum absolute atomic E-state index is 0.0515. The maximum Gasteiger partial charge on any atom is 0.240 e. The maximum atomic E-state index is 12.2. The third kappa shape index (κ3) is 3.72. The van der Waals surface area contributed by atoms with Crippen LogP contribution in [0.5, 0.6) is 0 Å². The molecule has 7 heteroatoms. The van der Waals surface area contributed by atoms with Gasteiger partial charge in [0.05, 0.1) is 4.90 Å². The summed E-state index contributed by atoms with van der Waals surface area (Å²) in [6.45, 7) is 3.76. The van der Waals surface area contributed by atoms with E-state index in [-0.39, 0.29) is 11.4 Å². The molecule has 1 aromatic heterocycles. The van der Waals surface area contributed by atoms with Crippen LogP contribution in [0, 0.1) is 13.8 Å². The number of hydrogen-bond donors (Lipinski definition) is 2. The lowest BCUT2D eigenvalue weighted by molar-refractivity contribution is 0.581. The van der Waals surface area contributed by atoms with Crippen LogP contribution in [0.1, 0.15) is 16.8 Å². The first-order valence-corrected chi connectivity index (χ1v) is 8.12. The quantitative estimate of drug-likeness (QED) is 0.845. The Labute approximate surface area is 129 Å². The Morgan fingerprint density at radius 3 is 2.57 bits per heavy atom. The molecule has 0 fully saturated rings. The molecule has 0 aliphatic carbocycles. The molecule has 1 aromatic carbocycles. The maximum absolute atomic E-state index is 12.2. The number of pyridine rings is 1. The minimum Gasteiger partial charge on any atom is -0.398 e. The van der Waals surface area contributed by atoms with Crippen molar-refractivity contribution in [1.29, 1.82) is 0 Å². The van der Waals surface area contributed by atoms with Gasteiger partial charge in [0, 0.05) is 29.1 Å². The number of aromatic nitrogens is 1. The van der Waals surface area contributed by atoms with Gasteiger partial charge in [0.15, 0.2) is 0 Å². The van der Waals surface area contributed by atoms with Crippen LogP contribution in [-0.4, -0.2) is 13.4 Å². The Balaban J connectivity index is 2.20. The Hall–Kier alpha value is -1.63. The van der Waals surface area contributed by atoms with Crippen LogP contribution in [0.15, 0.2) is 35.4 Å². The molecule has 2 rings (SSSR count). The molecule has 112 valence electrons. The molecular formula is C14H16ClN3O2S. The van der Waals surface area contributed by atoms with E-state index in [4.69, 9.17) is 17.3 Å². The second-order valence-electron chi connectivity index (χ2n) is 4.75. The van der Waals surface area contributed by atoms with Crippen molar-refractivity contribution >= 4 is 27.3 Å². The summed E-state index contributed by atoms with van der Waals surface area (Å²) in [5, 5.41) is 0.326. The lowest BCUT2D eigenvalue weighted by Gasteiger charge is -2.10. The number of hydrogen-bond acceptors (Lipinski definition) is 4. The number of halogens is 1. The van der Waals surface area contributed by atoms with E-state index in [0.29, 0.717) is 16.3 Å². The van der Waals surface area contributed by atoms with E-state index >= 15 is 0 Å². The monoisotopic (exact) mass is 325 g/mol. The molecule has 5 nitrogen and oxygen atoms in total. The SMILES string of the molecule is Cc1ccc(CNS(=O)(=O)c2cc(N)c(C)c(Cl)c2)cn1.